The molecule has 1 heteroatoms. The van der Waals surface area contributed by atoms with Gasteiger partial charge in [-0.05, 0) is 42.3 Å². The first-order valence-electron chi connectivity index (χ1n) is 14.7. The minimum Gasteiger partial charge on any atom is -0.341 e. The molecule has 3 aromatic carbocycles. The van der Waals surface area contributed by atoms with Crippen molar-refractivity contribution in [2.24, 2.45) is 0 Å². The molecule has 0 aliphatic carbocycles. The highest BCUT2D eigenvalue weighted by Gasteiger charge is 2.16. The van der Waals surface area contributed by atoms with Crippen molar-refractivity contribution in [1.29, 1.82) is 0 Å². The Morgan fingerprint density at radius 2 is 1.09 bits per heavy atom. The molecule has 0 aliphatic heterocycles. The number of hydrogen-bond donors (Lipinski definition) is 0. The summed E-state index contributed by atoms with van der Waals surface area (Å²) in [5, 5.41) is 2.76. The topological polar surface area (TPSA) is 3.24 Å². The quantitative estimate of drug-likeness (QED) is 0.167. The van der Waals surface area contributed by atoms with Gasteiger partial charge in [0.25, 0.3) is 0 Å². The van der Waals surface area contributed by atoms with Crippen LogP contribution in [0.5, 0.6) is 0 Å². The van der Waals surface area contributed by atoms with E-state index in [2.05, 4.69) is 85.5 Å². The molecule has 0 heterocycles. The van der Waals surface area contributed by atoms with Crippen molar-refractivity contribution in [3.05, 3.63) is 72.3 Å². The molecule has 190 valence electrons. The average molecular weight is 472 g/mol. The molecule has 1 nitrogen and oxygen atoms in total. The van der Waals surface area contributed by atoms with Crippen LogP contribution in [0.4, 0.5) is 11.4 Å². The monoisotopic (exact) mass is 471 g/mol. The largest absolute Gasteiger partial charge is 0.341 e. The van der Waals surface area contributed by atoms with Gasteiger partial charge in [0.15, 0.2) is 0 Å². The van der Waals surface area contributed by atoms with E-state index in [1.807, 2.05) is 0 Å². The fraction of sp³-hybridized carbons (Fsp3) is 0.529. The Kier molecular flexibility index (Phi) is 12.8. The summed E-state index contributed by atoms with van der Waals surface area (Å²) in [6.07, 6.45) is 20.1. The lowest BCUT2D eigenvalue weighted by Gasteiger charge is -2.29. The lowest BCUT2D eigenvalue weighted by Crippen LogP contribution is -2.20. The molecular formula is C34H49N. The maximum atomic E-state index is 2.63. The number of benzene rings is 3. The summed E-state index contributed by atoms with van der Waals surface area (Å²) in [4.78, 5) is 2.63. The number of fused-ring (bicyclic) bond motifs is 1. The summed E-state index contributed by atoms with van der Waals surface area (Å²) in [5.41, 5.74) is 4.30. The second kappa shape index (κ2) is 16.4. The van der Waals surface area contributed by atoms with Crippen LogP contribution >= 0.6 is 0 Å². The van der Waals surface area contributed by atoms with E-state index in [1.54, 1.807) is 0 Å². The molecule has 0 aliphatic rings. The van der Waals surface area contributed by atoms with Gasteiger partial charge in [0.1, 0.15) is 0 Å². The van der Waals surface area contributed by atoms with Gasteiger partial charge in [0, 0.05) is 17.6 Å². The third-order valence-electron chi connectivity index (χ3n) is 7.36. The van der Waals surface area contributed by atoms with E-state index < -0.39 is 0 Å². The summed E-state index contributed by atoms with van der Waals surface area (Å²) in [7, 11) is 0. The molecule has 0 atom stereocenters. The van der Waals surface area contributed by atoms with Crippen LogP contribution in [-0.2, 0) is 6.42 Å². The lowest BCUT2D eigenvalue weighted by molar-refractivity contribution is 0.587. The average Bonchev–Trinajstić information content (AvgIpc) is 2.90. The van der Waals surface area contributed by atoms with Crippen molar-refractivity contribution in [2.45, 2.75) is 110 Å². The van der Waals surface area contributed by atoms with Gasteiger partial charge >= 0.3 is 0 Å². The fourth-order valence-electron chi connectivity index (χ4n) is 5.30. The molecule has 0 aromatic heterocycles. The van der Waals surface area contributed by atoms with Crippen LogP contribution in [0.25, 0.3) is 10.8 Å². The van der Waals surface area contributed by atoms with Gasteiger partial charge in [0.05, 0.1) is 5.69 Å². The zero-order valence-electron chi connectivity index (χ0n) is 22.6. The van der Waals surface area contributed by atoms with Crippen molar-refractivity contribution in [3.8, 4) is 0 Å². The van der Waals surface area contributed by atoms with E-state index in [0.29, 0.717) is 0 Å². The Hall–Kier alpha value is -2.28. The maximum Gasteiger partial charge on any atom is 0.0522 e. The number of hydrogen-bond acceptors (Lipinski definition) is 1. The number of anilines is 2. The van der Waals surface area contributed by atoms with Crippen LogP contribution in [0.15, 0.2) is 66.7 Å². The zero-order chi connectivity index (χ0) is 24.6. The van der Waals surface area contributed by atoms with E-state index >= 15 is 0 Å². The minimum absolute atomic E-state index is 1.09. The first-order chi connectivity index (χ1) is 17.3. The van der Waals surface area contributed by atoms with Crippen LogP contribution < -0.4 is 4.90 Å². The molecule has 0 N–H and O–H groups in total. The first-order valence-corrected chi connectivity index (χ1v) is 14.7. The molecule has 0 fully saturated rings. The summed E-state index contributed by atoms with van der Waals surface area (Å²) in [5.74, 6) is 0. The number of para-hydroxylation sites is 1. The minimum atomic E-state index is 1.09. The molecular weight excluding hydrogens is 422 g/mol. The number of nitrogens with zero attached hydrogens (tertiary/aromatic N) is 1. The van der Waals surface area contributed by atoms with E-state index in [1.165, 1.54) is 124 Å². The Labute approximate surface area is 215 Å². The van der Waals surface area contributed by atoms with E-state index in [-0.39, 0.29) is 0 Å². The standard InChI is InChI=1S/C34H49N/c1-3-5-7-9-11-13-16-23-31-28-27-30-22-19-20-26-33(30)34(31)35(32-24-17-15-18-25-32)29-21-14-12-10-8-6-4-2/h15,17-20,22,24-28H,3-14,16,21,23,29H2,1-2H3. The highest BCUT2D eigenvalue weighted by Crippen LogP contribution is 2.37. The summed E-state index contributed by atoms with van der Waals surface area (Å²) < 4.78 is 0. The van der Waals surface area contributed by atoms with Gasteiger partial charge in [0.2, 0.25) is 0 Å². The number of unbranched alkanes of at least 4 members (excludes halogenated alkanes) is 12. The van der Waals surface area contributed by atoms with Crippen LogP contribution in [0.3, 0.4) is 0 Å². The van der Waals surface area contributed by atoms with Gasteiger partial charge in [-0.3, -0.25) is 0 Å². The first kappa shape index (κ1) is 27.3. The predicted molar refractivity (Wildman–Crippen MR) is 157 cm³/mol. The number of rotatable bonds is 18. The fourth-order valence-corrected chi connectivity index (χ4v) is 5.30. The van der Waals surface area contributed by atoms with Crippen molar-refractivity contribution < 1.29 is 0 Å². The van der Waals surface area contributed by atoms with Crippen LogP contribution in [-0.4, -0.2) is 6.54 Å². The Bertz CT molecular complexity index is 945. The van der Waals surface area contributed by atoms with Crippen molar-refractivity contribution in [2.75, 3.05) is 11.4 Å². The molecule has 0 bridgehead atoms. The number of aryl methyl sites for hydroxylation is 1. The van der Waals surface area contributed by atoms with Gasteiger partial charge in [-0.25, -0.2) is 0 Å². The molecule has 0 saturated carbocycles. The highest BCUT2D eigenvalue weighted by atomic mass is 15.1. The molecule has 3 rings (SSSR count). The third kappa shape index (κ3) is 9.02. The summed E-state index contributed by atoms with van der Waals surface area (Å²) >= 11 is 0. The van der Waals surface area contributed by atoms with E-state index in [9.17, 15) is 0 Å². The predicted octanol–water partition coefficient (Wildman–Crippen LogP) is 11.0. The maximum absolute atomic E-state index is 2.63. The van der Waals surface area contributed by atoms with Crippen molar-refractivity contribution in [1.82, 2.24) is 0 Å². The summed E-state index contributed by atoms with van der Waals surface area (Å²) in [6.45, 7) is 5.69. The van der Waals surface area contributed by atoms with E-state index in [4.69, 9.17) is 0 Å². The third-order valence-corrected chi connectivity index (χ3v) is 7.36. The summed E-state index contributed by atoms with van der Waals surface area (Å²) in [6, 6.07) is 24.8. The van der Waals surface area contributed by atoms with Crippen LogP contribution in [0, 0.1) is 0 Å². The van der Waals surface area contributed by atoms with Crippen molar-refractivity contribution >= 4 is 22.1 Å². The van der Waals surface area contributed by atoms with Crippen LogP contribution in [0.2, 0.25) is 0 Å². The highest BCUT2D eigenvalue weighted by molar-refractivity contribution is 5.97. The van der Waals surface area contributed by atoms with E-state index in [0.717, 1.165) is 6.54 Å². The Morgan fingerprint density at radius 1 is 0.514 bits per heavy atom. The second-order valence-electron chi connectivity index (χ2n) is 10.3. The molecule has 0 spiro atoms. The molecule has 0 radical (unpaired) electrons. The molecule has 0 amide bonds. The molecule has 3 aromatic rings. The molecule has 0 saturated heterocycles. The van der Waals surface area contributed by atoms with Gasteiger partial charge in [-0.2, -0.15) is 0 Å². The lowest BCUT2D eigenvalue weighted by atomic mass is 9.97. The zero-order valence-corrected chi connectivity index (χ0v) is 22.6. The SMILES string of the molecule is CCCCCCCCCc1ccc2ccccc2c1N(CCCCCCCCC)c1ccccc1. The molecule has 35 heavy (non-hydrogen) atoms. The second-order valence-corrected chi connectivity index (χ2v) is 10.3. The van der Waals surface area contributed by atoms with Gasteiger partial charge in [-0.1, -0.05) is 145 Å². The van der Waals surface area contributed by atoms with Crippen molar-refractivity contribution in [3.63, 3.8) is 0 Å². The Balaban J connectivity index is 1.77. The van der Waals surface area contributed by atoms with Gasteiger partial charge in [-0.15, -0.1) is 0 Å². The smallest absolute Gasteiger partial charge is 0.0522 e. The van der Waals surface area contributed by atoms with Crippen LogP contribution in [0.1, 0.15) is 109 Å². The van der Waals surface area contributed by atoms with Gasteiger partial charge < -0.3 is 4.90 Å². The Morgan fingerprint density at radius 3 is 1.77 bits per heavy atom. The molecule has 0 unspecified atom stereocenters. The normalized spacial score (nSPS) is 11.3.